The van der Waals surface area contributed by atoms with Crippen LogP contribution in [0.4, 0.5) is 0 Å². The number of rotatable bonds is 1. The standard InChI is InChI=1S/C11H21N/c1-3-10-8-12-5-4-11(10)6-9(2)7-12/h9-11H,3-8H2,1-2H3. The Balaban J connectivity index is 2.07. The van der Waals surface area contributed by atoms with Gasteiger partial charge >= 0.3 is 0 Å². The van der Waals surface area contributed by atoms with E-state index in [1.807, 2.05) is 0 Å². The molecule has 0 saturated carbocycles. The molecule has 0 aromatic heterocycles. The third-order valence-electron chi connectivity index (χ3n) is 3.77. The van der Waals surface area contributed by atoms with Gasteiger partial charge in [0.15, 0.2) is 0 Å². The highest BCUT2D eigenvalue weighted by molar-refractivity contribution is 4.85. The van der Waals surface area contributed by atoms with E-state index in [2.05, 4.69) is 18.7 Å². The molecule has 0 spiro atoms. The molecule has 3 saturated heterocycles. The van der Waals surface area contributed by atoms with Crippen LogP contribution in [-0.2, 0) is 0 Å². The molecular weight excluding hydrogens is 146 g/mol. The first-order chi connectivity index (χ1) is 5.79. The SMILES string of the molecule is CCC1CN2CCC1CC(C)C2. The van der Waals surface area contributed by atoms with Crippen LogP contribution < -0.4 is 0 Å². The van der Waals surface area contributed by atoms with Crippen molar-refractivity contribution in [3.8, 4) is 0 Å². The smallest absolute Gasteiger partial charge is 0.00123 e. The lowest BCUT2D eigenvalue weighted by atomic mass is 9.81. The fraction of sp³-hybridized carbons (Fsp3) is 1.00. The minimum absolute atomic E-state index is 0.953. The van der Waals surface area contributed by atoms with Crippen LogP contribution in [-0.4, -0.2) is 24.5 Å². The fourth-order valence-corrected chi connectivity index (χ4v) is 3.13. The van der Waals surface area contributed by atoms with E-state index in [9.17, 15) is 0 Å². The van der Waals surface area contributed by atoms with Crippen molar-refractivity contribution in [1.29, 1.82) is 0 Å². The molecule has 1 nitrogen and oxygen atoms in total. The van der Waals surface area contributed by atoms with Crippen LogP contribution in [0.25, 0.3) is 0 Å². The van der Waals surface area contributed by atoms with E-state index in [0.29, 0.717) is 0 Å². The molecule has 0 radical (unpaired) electrons. The minimum atomic E-state index is 0.953. The van der Waals surface area contributed by atoms with Gasteiger partial charge in [-0.25, -0.2) is 0 Å². The predicted molar refractivity (Wildman–Crippen MR) is 52.1 cm³/mol. The van der Waals surface area contributed by atoms with Gasteiger partial charge in [-0.1, -0.05) is 20.3 Å². The molecule has 4 unspecified atom stereocenters. The highest BCUT2D eigenvalue weighted by Gasteiger charge is 2.33. The van der Waals surface area contributed by atoms with Crippen LogP contribution in [0.5, 0.6) is 0 Å². The van der Waals surface area contributed by atoms with Crippen LogP contribution >= 0.6 is 0 Å². The summed E-state index contributed by atoms with van der Waals surface area (Å²) in [5.74, 6) is 3.03. The minimum Gasteiger partial charge on any atom is -0.303 e. The van der Waals surface area contributed by atoms with Gasteiger partial charge in [0.05, 0.1) is 0 Å². The van der Waals surface area contributed by atoms with E-state index in [0.717, 1.165) is 17.8 Å². The lowest BCUT2D eigenvalue weighted by molar-refractivity contribution is 0.149. The van der Waals surface area contributed by atoms with Crippen molar-refractivity contribution in [3.05, 3.63) is 0 Å². The summed E-state index contributed by atoms with van der Waals surface area (Å²) >= 11 is 0. The Hall–Kier alpha value is -0.0400. The third kappa shape index (κ3) is 1.52. The van der Waals surface area contributed by atoms with Crippen molar-refractivity contribution in [3.63, 3.8) is 0 Å². The van der Waals surface area contributed by atoms with Gasteiger partial charge in [0.25, 0.3) is 0 Å². The number of hydrogen-bond donors (Lipinski definition) is 0. The summed E-state index contributed by atoms with van der Waals surface area (Å²) in [5, 5.41) is 0. The van der Waals surface area contributed by atoms with Crippen molar-refractivity contribution in [2.24, 2.45) is 17.8 Å². The second-order valence-electron chi connectivity index (χ2n) is 4.82. The first-order valence-corrected chi connectivity index (χ1v) is 5.52. The summed E-state index contributed by atoms with van der Waals surface area (Å²) in [6.07, 6.45) is 4.37. The van der Waals surface area contributed by atoms with E-state index in [1.165, 1.54) is 38.9 Å². The summed E-state index contributed by atoms with van der Waals surface area (Å²) in [4.78, 5) is 2.68. The Bertz CT molecular complexity index is 155. The molecule has 3 aliphatic rings. The largest absolute Gasteiger partial charge is 0.303 e. The van der Waals surface area contributed by atoms with Gasteiger partial charge < -0.3 is 4.90 Å². The van der Waals surface area contributed by atoms with Crippen LogP contribution in [0.15, 0.2) is 0 Å². The van der Waals surface area contributed by atoms with Crippen molar-refractivity contribution < 1.29 is 0 Å². The van der Waals surface area contributed by atoms with E-state index in [1.54, 1.807) is 0 Å². The van der Waals surface area contributed by atoms with Crippen LogP contribution in [0.3, 0.4) is 0 Å². The van der Waals surface area contributed by atoms with Gasteiger partial charge in [-0.15, -0.1) is 0 Å². The lowest BCUT2D eigenvalue weighted by Crippen LogP contribution is -2.37. The maximum absolute atomic E-state index is 2.68. The molecular formula is C11H21N. The molecule has 0 amide bonds. The molecule has 3 heterocycles. The van der Waals surface area contributed by atoms with Gasteiger partial charge in [-0.05, 0) is 37.1 Å². The van der Waals surface area contributed by atoms with Crippen LogP contribution in [0.1, 0.15) is 33.1 Å². The Kier molecular flexibility index (Phi) is 2.40. The van der Waals surface area contributed by atoms with Crippen molar-refractivity contribution in [2.75, 3.05) is 19.6 Å². The van der Waals surface area contributed by atoms with Gasteiger partial charge in [-0.3, -0.25) is 0 Å². The van der Waals surface area contributed by atoms with Gasteiger partial charge in [0.2, 0.25) is 0 Å². The summed E-state index contributed by atoms with van der Waals surface area (Å²) < 4.78 is 0. The molecule has 3 rings (SSSR count). The molecule has 4 atom stereocenters. The van der Waals surface area contributed by atoms with Gasteiger partial charge in [0.1, 0.15) is 0 Å². The molecule has 0 aliphatic carbocycles. The number of hydrogen-bond acceptors (Lipinski definition) is 1. The molecule has 0 aromatic carbocycles. The van der Waals surface area contributed by atoms with Crippen molar-refractivity contribution in [1.82, 2.24) is 4.90 Å². The predicted octanol–water partition coefficient (Wildman–Crippen LogP) is 2.37. The Morgan fingerprint density at radius 2 is 2.17 bits per heavy atom. The third-order valence-corrected chi connectivity index (χ3v) is 3.77. The normalized spacial score (nSPS) is 47.5. The summed E-state index contributed by atoms with van der Waals surface area (Å²) in [7, 11) is 0. The van der Waals surface area contributed by atoms with Crippen molar-refractivity contribution in [2.45, 2.75) is 33.1 Å². The van der Waals surface area contributed by atoms with E-state index in [4.69, 9.17) is 0 Å². The molecule has 3 fully saturated rings. The topological polar surface area (TPSA) is 3.24 Å². The first-order valence-electron chi connectivity index (χ1n) is 5.52. The van der Waals surface area contributed by atoms with Crippen LogP contribution in [0.2, 0.25) is 0 Å². The fourth-order valence-electron chi connectivity index (χ4n) is 3.13. The summed E-state index contributed by atoms with van der Waals surface area (Å²) in [5.41, 5.74) is 0. The zero-order chi connectivity index (χ0) is 8.55. The molecule has 3 aliphatic heterocycles. The quantitative estimate of drug-likeness (QED) is 0.579. The molecule has 1 heteroatoms. The van der Waals surface area contributed by atoms with Crippen molar-refractivity contribution >= 4 is 0 Å². The Labute approximate surface area is 76.1 Å². The van der Waals surface area contributed by atoms with E-state index >= 15 is 0 Å². The molecule has 2 bridgehead atoms. The van der Waals surface area contributed by atoms with E-state index in [-0.39, 0.29) is 0 Å². The second kappa shape index (κ2) is 3.37. The van der Waals surface area contributed by atoms with Crippen LogP contribution in [0, 0.1) is 17.8 Å². The highest BCUT2D eigenvalue weighted by atomic mass is 15.1. The number of piperidine rings is 1. The van der Waals surface area contributed by atoms with Gasteiger partial charge in [-0.2, -0.15) is 0 Å². The lowest BCUT2D eigenvalue weighted by Gasteiger charge is -2.34. The number of nitrogens with zero attached hydrogens (tertiary/aromatic N) is 1. The first kappa shape index (κ1) is 8.55. The summed E-state index contributed by atoms with van der Waals surface area (Å²) in [6.45, 7) is 8.92. The van der Waals surface area contributed by atoms with Gasteiger partial charge in [0, 0.05) is 13.1 Å². The average molecular weight is 167 g/mol. The highest BCUT2D eigenvalue weighted by Crippen LogP contribution is 2.35. The van der Waals surface area contributed by atoms with E-state index < -0.39 is 0 Å². The zero-order valence-corrected chi connectivity index (χ0v) is 8.42. The zero-order valence-electron chi connectivity index (χ0n) is 8.42. The molecule has 0 aromatic rings. The molecule has 0 N–H and O–H groups in total. The monoisotopic (exact) mass is 167 g/mol. The Morgan fingerprint density at radius 1 is 1.33 bits per heavy atom. The Morgan fingerprint density at radius 3 is 2.92 bits per heavy atom. The number of fused-ring (bicyclic) bond motifs is 4. The molecule has 70 valence electrons. The maximum Gasteiger partial charge on any atom is 0.00123 e. The summed E-state index contributed by atoms with van der Waals surface area (Å²) in [6, 6.07) is 0. The average Bonchev–Trinajstić information content (AvgIpc) is 2.32. The molecule has 12 heavy (non-hydrogen) atoms. The maximum atomic E-state index is 2.68. The second-order valence-corrected chi connectivity index (χ2v) is 4.82.